The van der Waals surface area contributed by atoms with Crippen LogP contribution in [0.1, 0.15) is 18.5 Å². The molecule has 26 heavy (non-hydrogen) atoms. The molecule has 0 spiro atoms. The van der Waals surface area contributed by atoms with Crippen molar-refractivity contribution in [3.63, 3.8) is 0 Å². The van der Waals surface area contributed by atoms with E-state index in [1.165, 1.54) is 11.3 Å². The minimum absolute atomic E-state index is 0. The van der Waals surface area contributed by atoms with Gasteiger partial charge in [0, 0.05) is 23.3 Å². The maximum atomic E-state index is 12.2. The Bertz CT molecular complexity index is 838. The second-order valence-electron chi connectivity index (χ2n) is 5.37. The van der Waals surface area contributed by atoms with Crippen LogP contribution in [0.5, 0.6) is 5.75 Å². The number of amides is 2. The van der Waals surface area contributed by atoms with Crippen molar-refractivity contribution >= 4 is 36.0 Å². The number of nitrogens with one attached hydrogen (secondary N) is 2. The first-order chi connectivity index (χ1) is 12.2. The molecule has 0 unspecified atom stereocenters. The second kappa shape index (κ2) is 9.21. The van der Waals surface area contributed by atoms with E-state index in [2.05, 4.69) is 20.6 Å². The van der Waals surface area contributed by atoms with Gasteiger partial charge in [-0.2, -0.15) is 13.5 Å². The van der Waals surface area contributed by atoms with E-state index in [0.29, 0.717) is 5.13 Å². The molecule has 0 fully saturated rings. The highest BCUT2D eigenvalue weighted by molar-refractivity contribution is 7.59. The molecule has 0 saturated heterocycles. The van der Waals surface area contributed by atoms with E-state index < -0.39 is 0 Å². The normalized spacial score (nSPS) is 11.2. The molecular formula is C18H20N4O2S2. The van der Waals surface area contributed by atoms with Gasteiger partial charge in [0.05, 0.1) is 18.8 Å². The third kappa shape index (κ3) is 4.96. The van der Waals surface area contributed by atoms with Crippen molar-refractivity contribution in [3.05, 3.63) is 59.7 Å². The van der Waals surface area contributed by atoms with Crippen LogP contribution >= 0.6 is 24.8 Å². The van der Waals surface area contributed by atoms with E-state index in [4.69, 9.17) is 4.74 Å². The number of pyridine rings is 1. The summed E-state index contributed by atoms with van der Waals surface area (Å²) in [4.78, 5) is 20.6. The van der Waals surface area contributed by atoms with Crippen molar-refractivity contribution in [1.29, 1.82) is 0 Å². The number of ether oxygens (including phenoxy) is 1. The van der Waals surface area contributed by atoms with E-state index in [0.717, 1.165) is 22.6 Å². The summed E-state index contributed by atoms with van der Waals surface area (Å²) in [5.74, 6) is 0.784. The molecule has 0 aliphatic heterocycles. The van der Waals surface area contributed by atoms with Gasteiger partial charge in [-0.25, -0.2) is 9.78 Å². The molecule has 8 heteroatoms. The third-order valence-corrected chi connectivity index (χ3v) is 4.42. The summed E-state index contributed by atoms with van der Waals surface area (Å²) in [6.45, 7) is 1.92. The standard InChI is InChI=1S/C18H18N4O2S.H2S/c1-12(13-3-5-15(24-2)6-4-13)20-17(23)22-18-21-16(11-25-18)14-7-9-19-10-8-14;/h3-12H,1-2H3,(H2,20,21,22,23);1H2/t12-;/m0./s1. The Kier molecular flexibility index (Phi) is 6.99. The monoisotopic (exact) mass is 388 g/mol. The van der Waals surface area contributed by atoms with Gasteiger partial charge in [-0.05, 0) is 36.8 Å². The van der Waals surface area contributed by atoms with Crippen LogP contribution < -0.4 is 15.4 Å². The van der Waals surface area contributed by atoms with E-state index in [9.17, 15) is 4.79 Å². The maximum Gasteiger partial charge on any atom is 0.321 e. The average Bonchev–Trinajstić information content (AvgIpc) is 3.10. The lowest BCUT2D eigenvalue weighted by Gasteiger charge is -2.14. The average molecular weight is 389 g/mol. The lowest BCUT2D eigenvalue weighted by molar-refractivity contribution is 0.249. The van der Waals surface area contributed by atoms with Crippen LogP contribution in [0, 0.1) is 0 Å². The molecule has 1 aromatic carbocycles. The van der Waals surface area contributed by atoms with E-state index >= 15 is 0 Å². The molecule has 0 bridgehead atoms. The molecule has 2 N–H and O–H groups in total. The SMILES string of the molecule is COc1ccc([C@H](C)NC(=O)Nc2nc(-c3ccncc3)cs2)cc1.S. The largest absolute Gasteiger partial charge is 0.497 e. The number of methoxy groups -OCH3 is 1. The molecule has 0 saturated carbocycles. The molecule has 3 rings (SSSR count). The molecule has 2 amide bonds. The van der Waals surface area contributed by atoms with Crippen LogP contribution in [0.2, 0.25) is 0 Å². The number of benzene rings is 1. The number of aromatic nitrogens is 2. The lowest BCUT2D eigenvalue weighted by Crippen LogP contribution is -2.31. The van der Waals surface area contributed by atoms with Gasteiger partial charge in [0.2, 0.25) is 0 Å². The zero-order valence-corrected chi connectivity index (χ0v) is 16.2. The van der Waals surface area contributed by atoms with Gasteiger partial charge in [0.25, 0.3) is 0 Å². The predicted molar refractivity (Wildman–Crippen MR) is 109 cm³/mol. The van der Waals surface area contributed by atoms with Crippen LogP contribution in [0.15, 0.2) is 54.2 Å². The van der Waals surface area contributed by atoms with E-state index in [-0.39, 0.29) is 25.6 Å². The predicted octanol–water partition coefficient (Wildman–Crippen LogP) is 4.21. The van der Waals surface area contributed by atoms with Gasteiger partial charge in [0.1, 0.15) is 5.75 Å². The van der Waals surface area contributed by atoms with Crippen LogP contribution in [0.25, 0.3) is 11.3 Å². The number of rotatable bonds is 5. The Morgan fingerprint density at radius 1 is 1.15 bits per heavy atom. The van der Waals surface area contributed by atoms with E-state index in [1.54, 1.807) is 19.5 Å². The maximum absolute atomic E-state index is 12.2. The fraction of sp³-hybridized carbons (Fsp3) is 0.167. The summed E-state index contributed by atoms with van der Waals surface area (Å²) in [5, 5.41) is 8.12. The Hall–Kier alpha value is -2.58. The molecule has 0 radical (unpaired) electrons. The van der Waals surface area contributed by atoms with Crippen molar-refractivity contribution in [1.82, 2.24) is 15.3 Å². The van der Waals surface area contributed by atoms with Crippen LogP contribution in [-0.4, -0.2) is 23.1 Å². The summed E-state index contributed by atoms with van der Waals surface area (Å²) in [6, 6.07) is 10.9. The molecule has 2 heterocycles. The topological polar surface area (TPSA) is 76.1 Å². The summed E-state index contributed by atoms with van der Waals surface area (Å²) in [6.07, 6.45) is 3.43. The van der Waals surface area contributed by atoms with Gasteiger partial charge in [-0.3, -0.25) is 10.3 Å². The number of carbonyl (C=O) groups excluding carboxylic acids is 1. The zero-order valence-electron chi connectivity index (χ0n) is 14.4. The Morgan fingerprint density at radius 3 is 2.50 bits per heavy atom. The van der Waals surface area contributed by atoms with Crippen molar-refractivity contribution in [3.8, 4) is 17.0 Å². The third-order valence-electron chi connectivity index (χ3n) is 3.66. The minimum atomic E-state index is -0.293. The number of hydrogen-bond acceptors (Lipinski definition) is 5. The fourth-order valence-corrected chi connectivity index (χ4v) is 3.01. The van der Waals surface area contributed by atoms with Crippen LogP contribution in [0.4, 0.5) is 9.93 Å². The highest BCUT2D eigenvalue weighted by Crippen LogP contribution is 2.24. The summed E-state index contributed by atoms with van der Waals surface area (Å²) in [7, 11) is 1.62. The Morgan fingerprint density at radius 2 is 1.85 bits per heavy atom. The number of hydrogen-bond donors (Lipinski definition) is 2. The molecule has 136 valence electrons. The molecule has 2 aromatic heterocycles. The molecule has 0 aliphatic carbocycles. The highest BCUT2D eigenvalue weighted by atomic mass is 32.1. The fourth-order valence-electron chi connectivity index (χ4n) is 2.29. The first-order valence-electron chi connectivity index (χ1n) is 7.73. The van der Waals surface area contributed by atoms with Crippen molar-refractivity contribution in [2.75, 3.05) is 12.4 Å². The van der Waals surface area contributed by atoms with Crippen molar-refractivity contribution in [2.24, 2.45) is 0 Å². The Balaban J connectivity index is 0.00000243. The number of anilines is 1. The van der Waals surface area contributed by atoms with E-state index in [1.807, 2.05) is 48.7 Å². The summed E-state index contributed by atoms with van der Waals surface area (Å²) < 4.78 is 5.14. The zero-order chi connectivity index (χ0) is 17.6. The van der Waals surface area contributed by atoms with Crippen molar-refractivity contribution < 1.29 is 9.53 Å². The number of urea groups is 1. The van der Waals surface area contributed by atoms with Gasteiger partial charge in [-0.1, -0.05) is 12.1 Å². The first-order valence-corrected chi connectivity index (χ1v) is 8.61. The van der Waals surface area contributed by atoms with Gasteiger partial charge < -0.3 is 10.1 Å². The molecular weight excluding hydrogens is 368 g/mol. The summed E-state index contributed by atoms with van der Waals surface area (Å²) in [5.41, 5.74) is 2.77. The van der Waals surface area contributed by atoms with Crippen LogP contribution in [-0.2, 0) is 0 Å². The van der Waals surface area contributed by atoms with Gasteiger partial charge in [0.15, 0.2) is 5.13 Å². The van der Waals surface area contributed by atoms with Gasteiger partial charge in [-0.15, -0.1) is 11.3 Å². The molecule has 6 nitrogen and oxygen atoms in total. The minimum Gasteiger partial charge on any atom is -0.497 e. The van der Waals surface area contributed by atoms with Crippen molar-refractivity contribution in [2.45, 2.75) is 13.0 Å². The highest BCUT2D eigenvalue weighted by Gasteiger charge is 2.12. The molecule has 1 atom stereocenters. The number of thiazole rings is 1. The number of carbonyl (C=O) groups is 1. The Labute approximate surface area is 163 Å². The second-order valence-corrected chi connectivity index (χ2v) is 6.23. The molecule has 0 aliphatic rings. The van der Waals surface area contributed by atoms with Crippen LogP contribution in [0.3, 0.4) is 0 Å². The first kappa shape index (κ1) is 19.7. The quantitative estimate of drug-likeness (QED) is 0.686. The number of nitrogens with zero attached hydrogens (tertiary/aromatic N) is 2. The molecule has 3 aromatic rings. The lowest BCUT2D eigenvalue weighted by atomic mass is 10.1. The van der Waals surface area contributed by atoms with Gasteiger partial charge >= 0.3 is 6.03 Å². The summed E-state index contributed by atoms with van der Waals surface area (Å²) >= 11 is 1.38. The smallest absolute Gasteiger partial charge is 0.321 e.